The molecule has 0 amide bonds. The van der Waals surface area contributed by atoms with Crippen LogP contribution in [0.2, 0.25) is 0 Å². The molecule has 0 fully saturated rings. The number of aromatic amines is 2. The maximum absolute atomic E-state index is 11.3. The van der Waals surface area contributed by atoms with Crippen LogP contribution in [0, 0.1) is 11.8 Å². The van der Waals surface area contributed by atoms with Crippen molar-refractivity contribution in [2.75, 3.05) is 6.54 Å². The lowest BCUT2D eigenvalue weighted by Crippen LogP contribution is -2.26. The summed E-state index contributed by atoms with van der Waals surface area (Å²) in [6.07, 6.45) is 0. The Labute approximate surface area is 102 Å². The van der Waals surface area contributed by atoms with E-state index in [9.17, 15) is 9.59 Å². The third-order valence-corrected chi connectivity index (χ3v) is 2.40. The largest absolute Gasteiger partial charge is 0.344 e. The first kappa shape index (κ1) is 12.0. The van der Waals surface area contributed by atoms with Gasteiger partial charge in [-0.3, -0.25) is 0 Å². The number of benzene rings is 1. The molecule has 18 heavy (non-hydrogen) atoms. The first-order chi connectivity index (χ1) is 8.70. The Morgan fingerprint density at radius 2 is 1.72 bits per heavy atom. The zero-order valence-electron chi connectivity index (χ0n) is 9.56. The van der Waals surface area contributed by atoms with Crippen LogP contribution in [0.3, 0.4) is 0 Å². The minimum Gasteiger partial charge on any atom is -0.320 e. The van der Waals surface area contributed by atoms with Gasteiger partial charge in [0.05, 0.1) is 13.1 Å². The van der Waals surface area contributed by atoms with Crippen molar-refractivity contribution < 1.29 is 0 Å². The van der Waals surface area contributed by atoms with Crippen LogP contribution in [-0.4, -0.2) is 21.3 Å². The molecule has 4 N–H and O–H groups in total. The number of H-pyrrole nitrogens is 2. The summed E-state index contributed by atoms with van der Waals surface area (Å²) in [5.74, 6) is 5.65. The van der Waals surface area contributed by atoms with Crippen LogP contribution in [0.5, 0.6) is 0 Å². The molecule has 0 aliphatic heterocycles. The van der Waals surface area contributed by atoms with Gasteiger partial charge in [-0.15, -0.1) is 0 Å². The van der Waals surface area contributed by atoms with Gasteiger partial charge < -0.3 is 5.73 Å². The molecule has 0 aliphatic rings. The molecular formula is C12H12N4O2. The van der Waals surface area contributed by atoms with Crippen molar-refractivity contribution in [3.05, 3.63) is 56.4 Å². The molecule has 1 aromatic heterocycles. The summed E-state index contributed by atoms with van der Waals surface area (Å²) in [4.78, 5) is 22.6. The Hall–Kier alpha value is -2.52. The van der Waals surface area contributed by atoms with Crippen LogP contribution in [0.4, 0.5) is 0 Å². The first-order valence-corrected chi connectivity index (χ1v) is 5.36. The molecule has 6 heteroatoms. The van der Waals surface area contributed by atoms with Gasteiger partial charge in [0.15, 0.2) is 0 Å². The number of nitrogens with one attached hydrogen (secondary N) is 2. The number of nitrogens with two attached hydrogens (primary N) is 1. The summed E-state index contributed by atoms with van der Waals surface area (Å²) in [7, 11) is 0. The molecule has 0 atom stereocenters. The molecule has 1 heterocycles. The molecule has 2 rings (SSSR count). The van der Waals surface area contributed by atoms with Crippen LogP contribution in [0.25, 0.3) is 0 Å². The Morgan fingerprint density at radius 3 is 2.28 bits per heavy atom. The SMILES string of the molecule is NCC#Cc1ccc(Cn2c(=O)[nH][nH]c2=O)cc1. The summed E-state index contributed by atoms with van der Waals surface area (Å²) in [6, 6.07) is 7.28. The lowest BCUT2D eigenvalue weighted by molar-refractivity contribution is 0.733. The van der Waals surface area contributed by atoms with E-state index in [0.29, 0.717) is 6.54 Å². The fourth-order valence-corrected chi connectivity index (χ4v) is 1.51. The molecular weight excluding hydrogens is 232 g/mol. The van der Waals surface area contributed by atoms with E-state index in [2.05, 4.69) is 22.0 Å². The number of rotatable bonds is 2. The predicted molar refractivity (Wildman–Crippen MR) is 67.1 cm³/mol. The summed E-state index contributed by atoms with van der Waals surface area (Å²) in [5.41, 5.74) is 6.07. The molecule has 2 aromatic rings. The standard InChI is InChI=1S/C12H12N4O2/c13-7-1-2-9-3-5-10(6-4-9)8-16-11(17)14-15-12(16)18/h3-6H,7-8,13H2,(H,14,17)(H,15,18). The summed E-state index contributed by atoms with van der Waals surface area (Å²) >= 11 is 0. The van der Waals surface area contributed by atoms with E-state index in [0.717, 1.165) is 15.7 Å². The zero-order chi connectivity index (χ0) is 13.0. The highest BCUT2D eigenvalue weighted by Gasteiger charge is 2.03. The van der Waals surface area contributed by atoms with Crippen molar-refractivity contribution in [1.29, 1.82) is 0 Å². The van der Waals surface area contributed by atoms with Crippen LogP contribution < -0.4 is 17.1 Å². The second-order valence-electron chi connectivity index (χ2n) is 3.65. The lowest BCUT2D eigenvalue weighted by atomic mass is 10.1. The van der Waals surface area contributed by atoms with Crippen LogP contribution >= 0.6 is 0 Å². The highest BCUT2D eigenvalue weighted by Crippen LogP contribution is 2.03. The van der Waals surface area contributed by atoms with Crippen molar-refractivity contribution in [2.24, 2.45) is 5.73 Å². The smallest absolute Gasteiger partial charge is 0.320 e. The quantitative estimate of drug-likeness (QED) is 0.605. The first-order valence-electron chi connectivity index (χ1n) is 5.36. The molecule has 0 saturated heterocycles. The van der Waals surface area contributed by atoms with E-state index in [1.807, 2.05) is 24.3 Å². The van der Waals surface area contributed by atoms with Gasteiger partial charge in [0.25, 0.3) is 0 Å². The van der Waals surface area contributed by atoms with Crippen molar-refractivity contribution in [3.8, 4) is 11.8 Å². The van der Waals surface area contributed by atoms with Crippen molar-refractivity contribution in [3.63, 3.8) is 0 Å². The minimum absolute atomic E-state index is 0.224. The van der Waals surface area contributed by atoms with Gasteiger partial charge >= 0.3 is 11.4 Å². The van der Waals surface area contributed by atoms with Gasteiger partial charge in [-0.2, -0.15) is 0 Å². The van der Waals surface area contributed by atoms with E-state index in [1.54, 1.807) is 0 Å². The van der Waals surface area contributed by atoms with Crippen molar-refractivity contribution >= 4 is 0 Å². The molecule has 92 valence electrons. The van der Waals surface area contributed by atoms with E-state index >= 15 is 0 Å². The maximum atomic E-state index is 11.3. The third kappa shape index (κ3) is 2.59. The number of nitrogens with zero attached hydrogens (tertiary/aromatic N) is 1. The second-order valence-corrected chi connectivity index (χ2v) is 3.65. The average Bonchev–Trinajstić information content (AvgIpc) is 2.70. The fourth-order valence-electron chi connectivity index (χ4n) is 1.51. The molecule has 0 unspecified atom stereocenters. The molecule has 1 aromatic carbocycles. The van der Waals surface area contributed by atoms with Gasteiger partial charge in [-0.05, 0) is 17.7 Å². The Bertz CT molecular complexity index is 667. The van der Waals surface area contributed by atoms with Crippen LogP contribution in [-0.2, 0) is 6.54 Å². The summed E-state index contributed by atoms with van der Waals surface area (Å²) < 4.78 is 1.08. The third-order valence-electron chi connectivity index (χ3n) is 2.40. The number of aromatic nitrogens is 3. The maximum Gasteiger partial charge on any atom is 0.344 e. The average molecular weight is 244 g/mol. The molecule has 0 radical (unpaired) electrons. The summed E-state index contributed by atoms with van der Waals surface area (Å²) in [5, 5.41) is 4.46. The highest BCUT2D eigenvalue weighted by molar-refractivity contribution is 5.36. The monoisotopic (exact) mass is 244 g/mol. The zero-order valence-corrected chi connectivity index (χ0v) is 9.56. The van der Waals surface area contributed by atoms with E-state index in [1.165, 1.54) is 0 Å². The van der Waals surface area contributed by atoms with Gasteiger partial charge in [0.2, 0.25) is 0 Å². The number of hydrogen-bond donors (Lipinski definition) is 3. The Kier molecular flexibility index (Phi) is 3.46. The van der Waals surface area contributed by atoms with Crippen LogP contribution in [0.1, 0.15) is 11.1 Å². The molecule has 0 bridgehead atoms. The Morgan fingerprint density at radius 1 is 1.11 bits per heavy atom. The van der Waals surface area contributed by atoms with Crippen molar-refractivity contribution in [2.45, 2.75) is 6.54 Å². The second kappa shape index (κ2) is 5.21. The van der Waals surface area contributed by atoms with Crippen LogP contribution in [0.15, 0.2) is 33.9 Å². The van der Waals surface area contributed by atoms with Crippen molar-refractivity contribution in [1.82, 2.24) is 14.8 Å². The molecule has 0 aliphatic carbocycles. The van der Waals surface area contributed by atoms with Gasteiger partial charge in [0, 0.05) is 5.56 Å². The van der Waals surface area contributed by atoms with E-state index in [-0.39, 0.29) is 6.54 Å². The molecule has 6 nitrogen and oxygen atoms in total. The minimum atomic E-state index is -0.452. The van der Waals surface area contributed by atoms with Gasteiger partial charge in [0.1, 0.15) is 0 Å². The van der Waals surface area contributed by atoms with E-state index in [4.69, 9.17) is 5.73 Å². The van der Waals surface area contributed by atoms with E-state index < -0.39 is 11.4 Å². The van der Waals surface area contributed by atoms with Gasteiger partial charge in [-0.1, -0.05) is 24.0 Å². The Balaban J connectivity index is 2.21. The summed E-state index contributed by atoms with van der Waals surface area (Å²) in [6.45, 7) is 0.540. The highest BCUT2D eigenvalue weighted by atomic mass is 16.2. The normalized spacial score (nSPS) is 9.83. The van der Waals surface area contributed by atoms with Gasteiger partial charge in [-0.25, -0.2) is 24.4 Å². The topological polar surface area (TPSA) is 96.7 Å². The number of hydrogen-bond acceptors (Lipinski definition) is 3. The fraction of sp³-hybridized carbons (Fsp3) is 0.167. The lowest BCUT2D eigenvalue weighted by Gasteiger charge is -2.00. The predicted octanol–water partition coefficient (Wildman–Crippen LogP) is -0.777. The molecule has 0 saturated carbocycles. The molecule has 0 spiro atoms.